The summed E-state index contributed by atoms with van der Waals surface area (Å²) in [6.45, 7) is 0.843. The molecule has 0 saturated heterocycles. The van der Waals surface area contributed by atoms with Crippen molar-refractivity contribution < 1.29 is 4.68 Å². The molecule has 0 saturated carbocycles. The number of benzene rings is 1. The number of pyridine rings is 1. The molecule has 3 rings (SSSR count). The predicted octanol–water partition coefficient (Wildman–Crippen LogP) is 2.93. The fraction of sp³-hybridized carbons (Fsp3) is 0.0714. The van der Waals surface area contributed by atoms with Gasteiger partial charge in [-0.1, -0.05) is 29.8 Å². The Labute approximate surface area is 105 Å². The molecule has 0 unspecified atom stereocenters. The van der Waals surface area contributed by atoms with Crippen molar-refractivity contribution in [3.8, 4) is 0 Å². The molecule has 0 bridgehead atoms. The molecule has 2 heterocycles. The molecule has 0 radical (unpaired) electrons. The van der Waals surface area contributed by atoms with Gasteiger partial charge in [-0.3, -0.25) is 0 Å². The number of halogens is 1. The van der Waals surface area contributed by atoms with E-state index in [-0.39, 0.29) is 0 Å². The monoisotopic (exact) mass is 243 g/mol. The van der Waals surface area contributed by atoms with E-state index in [0.717, 1.165) is 11.6 Å². The topological polar surface area (TPSA) is 8.29 Å². The van der Waals surface area contributed by atoms with E-state index in [1.54, 1.807) is 0 Å². The van der Waals surface area contributed by atoms with E-state index < -0.39 is 0 Å². The van der Waals surface area contributed by atoms with Crippen LogP contribution in [0.4, 0.5) is 0 Å². The average molecular weight is 244 g/mol. The van der Waals surface area contributed by atoms with Crippen LogP contribution in [0.3, 0.4) is 0 Å². The van der Waals surface area contributed by atoms with E-state index in [2.05, 4.69) is 45.9 Å². The van der Waals surface area contributed by atoms with Crippen molar-refractivity contribution in [3.05, 3.63) is 71.5 Å². The maximum absolute atomic E-state index is 5.88. The van der Waals surface area contributed by atoms with Crippen molar-refractivity contribution in [3.63, 3.8) is 0 Å². The second-order valence-corrected chi connectivity index (χ2v) is 4.45. The maximum Gasteiger partial charge on any atom is 0.197 e. The van der Waals surface area contributed by atoms with Crippen molar-refractivity contribution in [1.82, 2.24) is 4.52 Å². The molecule has 1 aromatic carbocycles. The molecular formula is C14H12ClN2+. The number of aromatic nitrogens is 2. The smallest absolute Gasteiger partial charge is 0.128 e. The number of rotatable bonds is 2. The Bertz CT molecular complexity index is 641. The standard InChI is InChI=1S/C14H12ClN2/c15-13-6-4-12(5-7-13)11-16-10-8-14-3-1-2-9-17(14)16/h1-10H,11H2/q+1. The molecule has 3 heteroatoms. The van der Waals surface area contributed by atoms with Gasteiger partial charge in [-0.05, 0) is 24.3 Å². The fourth-order valence-corrected chi connectivity index (χ4v) is 2.08. The van der Waals surface area contributed by atoms with Crippen LogP contribution in [0.1, 0.15) is 5.56 Å². The molecule has 0 amide bonds. The molecule has 2 aromatic heterocycles. The Balaban J connectivity index is 1.97. The number of fused-ring (bicyclic) bond motifs is 1. The van der Waals surface area contributed by atoms with Crippen LogP contribution >= 0.6 is 11.6 Å². The Hall–Kier alpha value is -1.80. The van der Waals surface area contributed by atoms with Gasteiger partial charge in [0.2, 0.25) is 0 Å². The number of hydrogen-bond acceptors (Lipinski definition) is 0. The van der Waals surface area contributed by atoms with Crippen LogP contribution in [0.5, 0.6) is 0 Å². The number of nitrogens with zero attached hydrogens (tertiary/aromatic N) is 2. The van der Waals surface area contributed by atoms with Crippen LogP contribution in [0, 0.1) is 0 Å². The second kappa shape index (κ2) is 4.22. The van der Waals surface area contributed by atoms with E-state index in [1.807, 2.05) is 24.3 Å². The normalized spacial score (nSPS) is 10.9. The molecule has 0 N–H and O–H groups in total. The molecule has 3 aromatic rings. The van der Waals surface area contributed by atoms with Crippen molar-refractivity contribution in [2.24, 2.45) is 0 Å². The zero-order valence-electron chi connectivity index (χ0n) is 9.25. The molecule has 0 aliphatic carbocycles. The summed E-state index contributed by atoms with van der Waals surface area (Å²) >= 11 is 5.88. The first-order valence-corrected chi connectivity index (χ1v) is 5.91. The van der Waals surface area contributed by atoms with Gasteiger partial charge < -0.3 is 0 Å². The molecule has 2 nitrogen and oxygen atoms in total. The minimum absolute atomic E-state index is 0.777. The van der Waals surface area contributed by atoms with Gasteiger partial charge >= 0.3 is 0 Å². The average Bonchev–Trinajstić information content (AvgIpc) is 2.76. The van der Waals surface area contributed by atoms with Crippen molar-refractivity contribution in [2.45, 2.75) is 6.54 Å². The summed E-state index contributed by atoms with van der Waals surface area (Å²) in [6.07, 6.45) is 4.15. The third-order valence-corrected chi connectivity index (χ3v) is 3.07. The third-order valence-electron chi connectivity index (χ3n) is 2.82. The van der Waals surface area contributed by atoms with E-state index in [9.17, 15) is 0 Å². The molecule has 0 aliphatic rings. The van der Waals surface area contributed by atoms with E-state index >= 15 is 0 Å². The van der Waals surface area contributed by atoms with Crippen molar-refractivity contribution >= 4 is 17.1 Å². The van der Waals surface area contributed by atoms with Crippen LogP contribution in [0.2, 0.25) is 5.02 Å². The van der Waals surface area contributed by atoms with Crippen molar-refractivity contribution in [1.29, 1.82) is 0 Å². The van der Waals surface area contributed by atoms with Gasteiger partial charge in [-0.2, -0.15) is 0 Å². The summed E-state index contributed by atoms with van der Waals surface area (Å²) in [5.41, 5.74) is 2.43. The molecule has 84 valence electrons. The summed E-state index contributed by atoms with van der Waals surface area (Å²) in [5.74, 6) is 0. The Morgan fingerprint density at radius 1 is 1.00 bits per heavy atom. The molecular weight excluding hydrogens is 232 g/mol. The lowest BCUT2D eigenvalue weighted by atomic mass is 10.2. The van der Waals surface area contributed by atoms with Crippen LogP contribution in [-0.2, 0) is 6.54 Å². The van der Waals surface area contributed by atoms with Gasteiger partial charge in [0.1, 0.15) is 5.52 Å². The van der Waals surface area contributed by atoms with Gasteiger partial charge in [0.15, 0.2) is 12.7 Å². The molecule has 17 heavy (non-hydrogen) atoms. The Morgan fingerprint density at radius 3 is 2.65 bits per heavy atom. The first-order valence-electron chi connectivity index (χ1n) is 5.53. The zero-order chi connectivity index (χ0) is 11.7. The molecule has 0 spiro atoms. The predicted molar refractivity (Wildman–Crippen MR) is 68.1 cm³/mol. The fourth-order valence-electron chi connectivity index (χ4n) is 1.95. The highest BCUT2D eigenvalue weighted by atomic mass is 35.5. The maximum atomic E-state index is 5.88. The highest BCUT2D eigenvalue weighted by Gasteiger charge is 2.08. The highest BCUT2D eigenvalue weighted by molar-refractivity contribution is 6.30. The van der Waals surface area contributed by atoms with Crippen LogP contribution in [-0.4, -0.2) is 4.52 Å². The Kier molecular flexibility index (Phi) is 2.57. The van der Waals surface area contributed by atoms with Gasteiger partial charge in [0, 0.05) is 16.7 Å². The molecule has 0 fully saturated rings. The van der Waals surface area contributed by atoms with Gasteiger partial charge in [0.05, 0.1) is 6.20 Å². The summed E-state index contributed by atoms with van der Waals surface area (Å²) in [7, 11) is 0. The molecule has 0 atom stereocenters. The minimum Gasteiger partial charge on any atom is -0.128 e. The second-order valence-electron chi connectivity index (χ2n) is 4.01. The summed E-state index contributed by atoms with van der Waals surface area (Å²) in [6, 6.07) is 16.2. The van der Waals surface area contributed by atoms with E-state index in [1.165, 1.54) is 11.1 Å². The quantitative estimate of drug-likeness (QED) is 0.612. The first kappa shape index (κ1) is 10.4. The first-order chi connectivity index (χ1) is 8.33. The third kappa shape index (κ3) is 2.04. The van der Waals surface area contributed by atoms with Gasteiger partial charge in [0.25, 0.3) is 0 Å². The zero-order valence-corrected chi connectivity index (χ0v) is 10.0. The lowest BCUT2D eigenvalue weighted by Gasteiger charge is -1.98. The largest absolute Gasteiger partial charge is 0.197 e. The molecule has 0 aliphatic heterocycles. The summed E-state index contributed by atoms with van der Waals surface area (Å²) in [4.78, 5) is 0. The lowest BCUT2D eigenvalue weighted by Crippen LogP contribution is -2.39. The highest BCUT2D eigenvalue weighted by Crippen LogP contribution is 2.09. The van der Waals surface area contributed by atoms with Crippen LogP contribution in [0.15, 0.2) is 60.9 Å². The van der Waals surface area contributed by atoms with Crippen LogP contribution < -0.4 is 4.68 Å². The summed E-state index contributed by atoms with van der Waals surface area (Å²) in [5, 5.41) is 0.777. The summed E-state index contributed by atoms with van der Waals surface area (Å²) < 4.78 is 4.30. The van der Waals surface area contributed by atoms with Gasteiger partial charge in [-0.25, -0.2) is 0 Å². The van der Waals surface area contributed by atoms with E-state index in [0.29, 0.717) is 0 Å². The van der Waals surface area contributed by atoms with Gasteiger partial charge in [-0.15, -0.1) is 9.20 Å². The van der Waals surface area contributed by atoms with Crippen molar-refractivity contribution in [2.75, 3.05) is 0 Å². The SMILES string of the molecule is Clc1ccc(C[n+]2ccc3ccccn32)cc1. The minimum atomic E-state index is 0.777. The Morgan fingerprint density at radius 2 is 1.82 bits per heavy atom. The number of hydrogen-bond donors (Lipinski definition) is 0. The lowest BCUT2D eigenvalue weighted by molar-refractivity contribution is -0.752. The van der Waals surface area contributed by atoms with E-state index in [4.69, 9.17) is 11.6 Å². The van der Waals surface area contributed by atoms with Crippen LogP contribution in [0.25, 0.3) is 5.52 Å².